The lowest BCUT2D eigenvalue weighted by atomic mass is 10.1. The van der Waals surface area contributed by atoms with Crippen LogP contribution in [-0.2, 0) is 0 Å². The first-order valence-corrected chi connectivity index (χ1v) is 4.78. The van der Waals surface area contributed by atoms with Crippen LogP contribution in [0.15, 0.2) is 36.5 Å². The smallest absolute Gasteiger partial charge is 0.120 e. The molecule has 3 heteroatoms. The molecule has 0 saturated heterocycles. The Morgan fingerprint density at radius 3 is 2.79 bits per heavy atom. The van der Waals surface area contributed by atoms with Gasteiger partial charge in [-0.2, -0.15) is 5.10 Å². The molecule has 1 aromatic carbocycles. The molecule has 0 atom stereocenters. The van der Waals surface area contributed by atoms with E-state index in [0.29, 0.717) is 4.64 Å². The Morgan fingerprint density at radius 1 is 1.21 bits per heavy atom. The van der Waals surface area contributed by atoms with E-state index >= 15 is 0 Å². The Labute approximate surface area is 87.6 Å². The summed E-state index contributed by atoms with van der Waals surface area (Å²) in [5.41, 5.74) is 3.44. The maximum Gasteiger partial charge on any atom is 0.120 e. The summed E-state index contributed by atoms with van der Waals surface area (Å²) in [6, 6.07) is 10.2. The van der Waals surface area contributed by atoms with Crippen LogP contribution in [0.2, 0.25) is 0 Å². The number of nitrogens with one attached hydrogen (secondary N) is 1. The van der Waals surface area contributed by atoms with Gasteiger partial charge in [-0.15, -0.1) is 0 Å². The fraction of sp³-hybridized carbons (Fsp3) is 0.0909. The monoisotopic (exact) mass is 202 g/mol. The molecule has 0 aliphatic rings. The van der Waals surface area contributed by atoms with Gasteiger partial charge in [0.05, 0.1) is 6.20 Å². The maximum atomic E-state index is 5.01. The summed E-state index contributed by atoms with van der Waals surface area (Å²) in [6.07, 6.45) is 1.78. The van der Waals surface area contributed by atoms with Gasteiger partial charge in [0, 0.05) is 5.56 Å². The zero-order valence-corrected chi connectivity index (χ0v) is 8.64. The molecule has 2 rings (SSSR count). The van der Waals surface area contributed by atoms with E-state index in [0.717, 1.165) is 11.1 Å². The predicted octanol–water partition coefficient (Wildman–Crippen LogP) is 3.11. The van der Waals surface area contributed by atoms with Crippen LogP contribution in [0.1, 0.15) is 5.56 Å². The molecular weight excluding hydrogens is 192 g/mol. The zero-order valence-electron chi connectivity index (χ0n) is 7.82. The first-order valence-electron chi connectivity index (χ1n) is 4.37. The third-order valence-electron chi connectivity index (χ3n) is 2.02. The van der Waals surface area contributed by atoms with Crippen LogP contribution in [0.4, 0.5) is 0 Å². The van der Waals surface area contributed by atoms with Crippen molar-refractivity contribution in [3.05, 3.63) is 46.7 Å². The van der Waals surface area contributed by atoms with Crippen LogP contribution < -0.4 is 0 Å². The molecule has 2 aromatic rings. The van der Waals surface area contributed by atoms with Gasteiger partial charge in [-0.1, -0.05) is 42.0 Å². The van der Waals surface area contributed by atoms with Gasteiger partial charge < -0.3 is 0 Å². The topological polar surface area (TPSA) is 28.7 Å². The van der Waals surface area contributed by atoms with Crippen molar-refractivity contribution < 1.29 is 0 Å². The molecule has 1 aromatic heterocycles. The van der Waals surface area contributed by atoms with Crippen LogP contribution in [-0.4, -0.2) is 10.2 Å². The minimum atomic E-state index is 0.656. The van der Waals surface area contributed by atoms with Gasteiger partial charge in [-0.05, 0) is 18.6 Å². The Kier molecular flexibility index (Phi) is 2.41. The van der Waals surface area contributed by atoms with E-state index in [1.54, 1.807) is 6.20 Å². The Hall–Kier alpha value is -1.48. The first-order chi connectivity index (χ1) is 6.75. The van der Waals surface area contributed by atoms with Crippen molar-refractivity contribution in [1.82, 2.24) is 10.2 Å². The summed E-state index contributed by atoms with van der Waals surface area (Å²) >= 11 is 5.01. The summed E-state index contributed by atoms with van der Waals surface area (Å²) in [6.45, 7) is 2.07. The summed E-state index contributed by atoms with van der Waals surface area (Å²) in [5.74, 6) is 0. The van der Waals surface area contributed by atoms with Crippen molar-refractivity contribution in [3.63, 3.8) is 0 Å². The summed E-state index contributed by atoms with van der Waals surface area (Å²) in [7, 11) is 0. The van der Waals surface area contributed by atoms with Crippen LogP contribution in [0.3, 0.4) is 0 Å². The molecule has 0 aliphatic heterocycles. The normalized spacial score (nSPS) is 10.1. The molecule has 2 nitrogen and oxygen atoms in total. The number of benzene rings is 1. The highest BCUT2D eigenvalue weighted by Gasteiger charge is 1.97. The van der Waals surface area contributed by atoms with Crippen LogP contribution in [0, 0.1) is 11.6 Å². The number of rotatable bonds is 1. The minimum absolute atomic E-state index is 0.656. The Bertz CT molecular complexity index is 502. The highest BCUT2D eigenvalue weighted by atomic mass is 32.1. The average Bonchev–Trinajstić information content (AvgIpc) is 2.18. The minimum Gasteiger partial charge on any atom is -0.268 e. The Morgan fingerprint density at radius 2 is 2.07 bits per heavy atom. The highest BCUT2D eigenvalue weighted by Crippen LogP contribution is 2.18. The van der Waals surface area contributed by atoms with E-state index in [4.69, 9.17) is 12.2 Å². The summed E-state index contributed by atoms with van der Waals surface area (Å²) in [4.78, 5) is 0. The second-order valence-corrected chi connectivity index (χ2v) is 3.64. The third kappa shape index (κ3) is 1.88. The summed E-state index contributed by atoms with van der Waals surface area (Å²) in [5, 5.41) is 6.68. The van der Waals surface area contributed by atoms with Crippen molar-refractivity contribution >= 4 is 12.2 Å². The molecule has 0 spiro atoms. The molecular formula is C11H10N2S. The second kappa shape index (κ2) is 3.72. The molecule has 1 heterocycles. The zero-order chi connectivity index (χ0) is 9.97. The third-order valence-corrected chi connectivity index (χ3v) is 2.23. The van der Waals surface area contributed by atoms with E-state index in [9.17, 15) is 0 Å². The molecule has 0 bridgehead atoms. The van der Waals surface area contributed by atoms with Crippen molar-refractivity contribution in [2.24, 2.45) is 0 Å². The predicted molar refractivity (Wildman–Crippen MR) is 59.6 cm³/mol. The number of hydrogen-bond donors (Lipinski definition) is 1. The molecule has 0 radical (unpaired) electrons. The van der Waals surface area contributed by atoms with Crippen LogP contribution >= 0.6 is 12.2 Å². The number of nitrogens with zero attached hydrogens (tertiary/aromatic N) is 1. The molecule has 70 valence electrons. The lowest BCUT2D eigenvalue weighted by Gasteiger charge is -2.01. The van der Waals surface area contributed by atoms with Crippen LogP contribution in [0.5, 0.6) is 0 Å². The quantitative estimate of drug-likeness (QED) is 0.720. The fourth-order valence-corrected chi connectivity index (χ4v) is 1.54. The van der Waals surface area contributed by atoms with Gasteiger partial charge in [-0.3, -0.25) is 5.10 Å². The van der Waals surface area contributed by atoms with Gasteiger partial charge in [0.2, 0.25) is 0 Å². The van der Waals surface area contributed by atoms with Crippen molar-refractivity contribution in [1.29, 1.82) is 0 Å². The van der Waals surface area contributed by atoms with E-state index in [1.807, 2.05) is 12.1 Å². The fourth-order valence-electron chi connectivity index (χ4n) is 1.36. The molecule has 0 saturated carbocycles. The number of H-pyrrole nitrogens is 1. The van der Waals surface area contributed by atoms with Gasteiger partial charge >= 0.3 is 0 Å². The lowest BCUT2D eigenvalue weighted by Crippen LogP contribution is -1.84. The lowest BCUT2D eigenvalue weighted by molar-refractivity contribution is 1.02. The first kappa shape index (κ1) is 9.09. The number of aromatic nitrogens is 2. The molecule has 0 aliphatic carbocycles. The van der Waals surface area contributed by atoms with E-state index in [2.05, 4.69) is 35.3 Å². The molecule has 0 amide bonds. The molecule has 14 heavy (non-hydrogen) atoms. The number of aryl methyl sites for hydroxylation is 1. The maximum absolute atomic E-state index is 5.01. The number of hydrogen-bond acceptors (Lipinski definition) is 2. The van der Waals surface area contributed by atoms with E-state index in [-0.39, 0.29) is 0 Å². The highest BCUT2D eigenvalue weighted by molar-refractivity contribution is 7.71. The molecule has 1 N–H and O–H groups in total. The van der Waals surface area contributed by atoms with E-state index < -0.39 is 0 Å². The largest absolute Gasteiger partial charge is 0.268 e. The van der Waals surface area contributed by atoms with Gasteiger partial charge in [0.1, 0.15) is 4.64 Å². The van der Waals surface area contributed by atoms with Gasteiger partial charge in [0.25, 0.3) is 0 Å². The molecule has 0 unspecified atom stereocenters. The van der Waals surface area contributed by atoms with Crippen LogP contribution in [0.25, 0.3) is 11.1 Å². The van der Waals surface area contributed by atoms with Crippen molar-refractivity contribution in [2.45, 2.75) is 6.92 Å². The van der Waals surface area contributed by atoms with Crippen molar-refractivity contribution in [2.75, 3.05) is 0 Å². The Balaban J connectivity index is 2.55. The average molecular weight is 202 g/mol. The van der Waals surface area contributed by atoms with Crippen molar-refractivity contribution in [3.8, 4) is 11.1 Å². The summed E-state index contributed by atoms with van der Waals surface area (Å²) < 4.78 is 0.656. The number of aromatic amines is 1. The van der Waals surface area contributed by atoms with Gasteiger partial charge in [-0.25, -0.2) is 0 Å². The van der Waals surface area contributed by atoms with Gasteiger partial charge in [0.15, 0.2) is 0 Å². The molecule has 0 fully saturated rings. The van der Waals surface area contributed by atoms with E-state index in [1.165, 1.54) is 5.56 Å². The standard InChI is InChI=1S/C11H10N2S/c1-8-3-2-4-9(5-8)10-6-11(14)13-12-7-10/h2-7H,1H3,(H,13,14). The SMILES string of the molecule is Cc1cccc(-c2cn[nH]c(=S)c2)c1. The second-order valence-electron chi connectivity index (χ2n) is 3.20.